The molecule has 1 amide bonds. The van der Waals surface area contributed by atoms with E-state index in [1.54, 1.807) is 4.90 Å². The molecule has 2 atom stereocenters. The molecule has 128 valence electrons. The molecule has 24 heavy (non-hydrogen) atoms. The van der Waals surface area contributed by atoms with E-state index in [0.29, 0.717) is 32.4 Å². The van der Waals surface area contributed by atoms with Gasteiger partial charge in [0.25, 0.3) is 0 Å². The van der Waals surface area contributed by atoms with E-state index in [-0.39, 0.29) is 12.3 Å². The lowest BCUT2D eigenvalue weighted by Crippen LogP contribution is -2.43. The largest absolute Gasteiger partial charge is 0.481 e. The van der Waals surface area contributed by atoms with Gasteiger partial charge in [0.1, 0.15) is 0 Å². The first kappa shape index (κ1) is 18.0. The highest BCUT2D eigenvalue weighted by atomic mass is 16.4. The zero-order chi connectivity index (χ0) is 17.4. The maximum absolute atomic E-state index is 12.9. The van der Waals surface area contributed by atoms with Crippen molar-refractivity contribution in [2.75, 3.05) is 13.1 Å². The molecule has 2 rings (SSSR count). The van der Waals surface area contributed by atoms with Crippen molar-refractivity contribution in [2.45, 2.75) is 38.5 Å². The van der Waals surface area contributed by atoms with E-state index in [1.165, 1.54) is 0 Å². The summed E-state index contributed by atoms with van der Waals surface area (Å²) in [6, 6.07) is 12.0. The van der Waals surface area contributed by atoms with Crippen LogP contribution in [-0.4, -0.2) is 35.0 Å². The van der Waals surface area contributed by atoms with Crippen molar-refractivity contribution in [3.63, 3.8) is 0 Å². The van der Waals surface area contributed by atoms with Crippen LogP contribution in [0.3, 0.4) is 0 Å². The van der Waals surface area contributed by atoms with Gasteiger partial charge in [0.05, 0.1) is 24.3 Å². The Morgan fingerprint density at radius 3 is 2.42 bits per heavy atom. The summed E-state index contributed by atoms with van der Waals surface area (Å²) in [6.07, 6.45) is 3.93. The zero-order valence-electron chi connectivity index (χ0n) is 13.9. The van der Waals surface area contributed by atoms with Gasteiger partial charge < -0.3 is 10.0 Å². The van der Waals surface area contributed by atoms with Gasteiger partial charge in [0.2, 0.25) is 5.91 Å². The van der Waals surface area contributed by atoms with Gasteiger partial charge in [-0.05, 0) is 24.8 Å². The third-order valence-electron chi connectivity index (χ3n) is 4.72. The molecule has 0 saturated heterocycles. The molecule has 5 heteroatoms. The summed E-state index contributed by atoms with van der Waals surface area (Å²) in [5.74, 6) is -2.03. The van der Waals surface area contributed by atoms with Gasteiger partial charge in [-0.2, -0.15) is 5.26 Å². The van der Waals surface area contributed by atoms with Crippen molar-refractivity contribution >= 4 is 11.9 Å². The Labute approximate surface area is 142 Å². The Hall–Kier alpha value is -2.35. The summed E-state index contributed by atoms with van der Waals surface area (Å²) in [6.45, 7) is 0.887. The SMILES string of the molecule is N#CCCN(CCc1ccccc1)C(=O)C1CCCCC1C(=O)O. The fourth-order valence-corrected chi connectivity index (χ4v) is 3.38. The van der Waals surface area contributed by atoms with Crippen LogP contribution in [0.1, 0.15) is 37.7 Å². The molecule has 1 N–H and O–H groups in total. The minimum atomic E-state index is -0.878. The molecule has 5 nitrogen and oxygen atoms in total. The number of rotatable bonds is 7. The molecule has 1 fully saturated rings. The summed E-state index contributed by atoms with van der Waals surface area (Å²) >= 11 is 0. The van der Waals surface area contributed by atoms with E-state index in [0.717, 1.165) is 18.4 Å². The number of hydrogen-bond acceptors (Lipinski definition) is 3. The molecule has 0 aliphatic heterocycles. The van der Waals surface area contributed by atoms with Gasteiger partial charge in [0, 0.05) is 13.1 Å². The molecule has 1 aromatic carbocycles. The highest BCUT2D eigenvalue weighted by Crippen LogP contribution is 2.31. The van der Waals surface area contributed by atoms with Gasteiger partial charge in [0.15, 0.2) is 0 Å². The molecule has 1 aliphatic carbocycles. The van der Waals surface area contributed by atoms with E-state index < -0.39 is 17.8 Å². The van der Waals surface area contributed by atoms with Crippen LogP contribution in [0.15, 0.2) is 30.3 Å². The second-order valence-corrected chi connectivity index (χ2v) is 6.30. The number of carboxylic acid groups (broad SMARTS) is 1. The number of hydrogen-bond donors (Lipinski definition) is 1. The smallest absolute Gasteiger partial charge is 0.307 e. The average molecular weight is 328 g/mol. The molecule has 0 bridgehead atoms. The molecule has 1 aliphatic rings. The molecule has 2 unspecified atom stereocenters. The van der Waals surface area contributed by atoms with E-state index in [9.17, 15) is 14.7 Å². The molecule has 0 spiro atoms. The van der Waals surface area contributed by atoms with Crippen molar-refractivity contribution in [3.8, 4) is 6.07 Å². The van der Waals surface area contributed by atoms with Crippen molar-refractivity contribution < 1.29 is 14.7 Å². The number of nitrogens with zero attached hydrogens (tertiary/aromatic N) is 2. The topological polar surface area (TPSA) is 81.4 Å². The zero-order valence-corrected chi connectivity index (χ0v) is 13.9. The van der Waals surface area contributed by atoms with Crippen LogP contribution in [0.2, 0.25) is 0 Å². The van der Waals surface area contributed by atoms with Gasteiger partial charge in [-0.3, -0.25) is 9.59 Å². The summed E-state index contributed by atoms with van der Waals surface area (Å²) in [5, 5.41) is 18.3. The second kappa shape index (κ2) is 9.07. The van der Waals surface area contributed by atoms with Gasteiger partial charge in [-0.15, -0.1) is 0 Å². The van der Waals surface area contributed by atoms with E-state index in [2.05, 4.69) is 6.07 Å². The van der Waals surface area contributed by atoms with Gasteiger partial charge in [-0.1, -0.05) is 43.2 Å². The molecule has 0 heterocycles. The van der Waals surface area contributed by atoms with E-state index >= 15 is 0 Å². The number of nitriles is 1. The predicted octanol–water partition coefficient (Wildman–Crippen LogP) is 2.86. The van der Waals surface area contributed by atoms with Crippen LogP contribution >= 0.6 is 0 Å². The number of amides is 1. The van der Waals surface area contributed by atoms with Crippen LogP contribution in [0.25, 0.3) is 0 Å². The Morgan fingerprint density at radius 2 is 1.79 bits per heavy atom. The summed E-state index contributed by atoms with van der Waals surface area (Å²) in [5.41, 5.74) is 1.13. The summed E-state index contributed by atoms with van der Waals surface area (Å²) in [7, 11) is 0. The van der Waals surface area contributed by atoms with Crippen LogP contribution in [0.4, 0.5) is 0 Å². The molecule has 1 aromatic rings. The van der Waals surface area contributed by atoms with Crippen molar-refractivity contribution in [1.29, 1.82) is 5.26 Å². The van der Waals surface area contributed by atoms with Crippen LogP contribution < -0.4 is 0 Å². The third kappa shape index (κ3) is 4.82. The first-order chi connectivity index (χ1) is 11.6. The van der Waals surface area contributed by atoms with Crippen molar-refractivity contribution in [2.24, 2.45) is 11.8 Å². The Bertz CT molecular complexity index is 594. The van der Waals surface area contributed by atoms with Crippen molar-refractivity contribution in [1.82, 2.24) is 4.90 Å². The lowest BCUT2D eigenvalue weighted by atomic mass is 9.78. The lowest BCUT2D eigenvalue weighted by molar-refractivity contribution is -0.152. The van der Waals surface area contributed by atoms with Gasteiger partial charge in [-0.25, -0.2) is 0 Å². The van der Waals surface area contributed by atoms with Crippen LogP contribution in [0.5, 0.6) is 0 Å². The quantitative estimate of drug-likeness (QED) is 0.834. The molecule has 0 aromatic heterocycles. The highest BCUT2D eigenvalue weighted by Gasteiger charge is 2.37. The minimum Gasteiger partial charge on any atom is -0.481 e. The number of carbonyl (C=O) groups is 2. The van der Waals surface area contributed by atoms with Crippen LogP contribution in [0, 0.1) is 23.2 Å². The molecular formula is C19H24N2O3. The normalized spacial score (nSPS) is 20.1. The monoisotopic (exact) mass is 328 g/mol. The number of benzene rings is 1. The Kier molecular flexibility index (Phi) is 6.80. The number of aliphatic carboxylic acids is 1. The van der Waals surface area contributed by atoms with Crippen LogP contribution in [-0.2, 0) is 16.0 Å². The second-order valence-electron chi connectivity index (χ2n) is 6.30. The lowest BCUT2D eigenvalue weighted by Gasteiger charge is -2.32. The van der Waals surface area contributed by atoms with Gasteiger partial charge >= 0.3 is 5.97 Å². The summed E-state index contributed by atoms with van der Waals surface area (Å²) in [4.78, 5) is 26.0. The summed E-state index contributed by atoms with van der Waals surface area (Å²) < 4.78 is 0. The van der Waals surface area contributed by atoms with E-state index in [4.69, 9.17) is 5.26 Å². The fraction of sp³-hybridized carbons (Fsp3) is 0.526. The first-order valence-corrected chi connectivity index (χ1v) is 8.56. The third-order valence-corrected chi connectivity index (χ3v) is 4.72. The maximum Gasteiger partial charge on any atom is 0.307 e. The predicted molar refractivity (Wildman–Crippen MR) is 90.0 cm³/mol. The molecule has 1 saturated carbocycles. The van der Waals surface area contributed by atoms with E-state index in [1.807, 2.05) is 30.3 Å². The first-order valence-electron chi connectivity index (χ1n) is 8.56. The number of carbonyl (C=O) groups excluding carboxylic acids is 1. The standard InChI is InChI=1S/C19H24N2O3/c20-12-6-13-21(14-11-15-7-2-1-3-8-15)18(22)16-9-4-5-10-17(16)19(23)24/h1-3,7-8,16-17H,4-6,9-11,13-14H2,(H,23,24). The molecule has 0 radical (unpaired) electrons. The Balaban J connectivity index is 2.06. The maximum atomic E-state index is 12.9. The molecular weight excluding hydrogens is 304 g/mol. The minimum absolute atomic E-state index is 0.103. The fourth-order valence-electron chi connectivity index (χ4n) is 3.38. The average Bonchev–Trinajstić information content (AvgIpc) is 2.62. The highest BCUT2D eigenvalue weighted by molar-refractivity contribution is 5.85. The Morgan fingerprint density at radius 1 is 1.12 bits per heavy atom. The van der Waals surface area contributed by atoms with Crippen molar-refractivity contribution in [3.05, 3.63) is 35.9 Å². The number of carboxylic acids is 1.